The van der Waals surface area contributed by atoms with Gasteiger partial charge in [-0.3, -0.25) is 14.7 Å². The molecule has 0 saturated heterocycles. The Kier molecular flexibility index (Phi) is 7.36. The molecule has 3 N–H and O–H groups in total. The summed E-state index contributed by atoms with van der Waals surface area (Å²) < 4.78 is 46.5. The first kappa shape index (κ1) is 23.5. The molecule has 0 unspecified atom stereocenters. The third-order valence-corrected chi connectivity index (χ3v) is 5.24. The summed E-state index contributed by atoms with van der Waals surface area (Å²) >= 11 is 1.16. The van der Waals surface area contributed by atoms with Crippen LogP contribution < -0.4 is 15.4 Å². The highest BCUT2D eigenvalue weighted by atomic mass is 32.1. The fourth-order valence-corrected chi connectivity index (χ4v) is 3.65. The summed E-state index contributed by atoms with van der Waals surface area (Å²) in [4.78, 5) is 25.2. The number of nitrogens with zero attached hydrogens (tertiary/aromatic N) is 1. The molecule has 8 nitrogen and oxygen atoms in total. The van der Waals surface area contributed by atoms with E-state index in [-0.39, 0.29) is 23.4 Å². The Morgan fingerprint density at radius 3 is 2.56 bits per heavy atom. The number of hydrogen-bond donors (Lipinski definition) is 3. The molecule has 0 atom stereocenters. The van der Waals surface area contributed by atoms with Crippen molar-refractivity contribution >= 4 is 39.2 Å². The van der Waals surface area contributed by atoms with E-state index in [1.165, 1.54) is 12.1 Å². The molecule has 2 aromatic heterocycles. The lowest BCUT2D eigenvalue weighted by molar-refractivity contribution is -0.274. The van der Waals surface area contributed by atoms with Crippen LogP contribution in [0.25, 0.3) is 10.2 Å². The van der Waals surface area contributed by atoms with E-state index in [0.717, 1.165) is 23.5 Å². The summed E-state index contributed by atoms with van der Waals surface area (Å²) in [6.07, 6.45) is -3.99. The number of halogens is 3. The summed E-state index contributed by atoms with van der Waals surface area (Å²) in [7, 11) is 0. The number of carbonyl (C=O) groups excluding carboxylic acids is 2. The van der Waals surface area contributed by atoms with Gasteiger partial charge in [-0.2, -0.15) is 5.10 Å². The minimum absolute atomic E-state index is 0.119. The maximum Gasteiger partial charge on any atom is 0.573 e. The average molecular weight is 470 g/mol. The monoisotopic (exact) mass is 470 g/mol. The van der Waals surface area contributed by atoms with Crippen LogP contribution in [0.15, 0.2) is 30.3 Å². The van der Waals surface area contributed by atoms with Gasteiger partial charge >= 0.3 is 6.36 Å². The quantitative estimate of drug-likeness (QED) is 0.404. The number of amides is 2. The third kappa shape index (κ3) is 6.44. The number of ether oxygens (including phenoxy) is 2. The van der Waals surface area contributed by atoms with Gasteiger partial charge < -0.3 is 20.1 Å². The van der Waals surface area contributed by atoms with Crippen molar-refractivity contribution in [1.29, 1.82) is 0 Å². The predicted molar refractivity (Wildman–Crippen MR) is 113 cm³/mol. The number of fused-ring (bicyclic) bond motifs is 1. The summed E-state index contributed by atoms with van der Waals surface area (Å²) in [5.41, 5.74) is 0.696. The molecule has 3 rings (SSSR count). The molecule has 32 heavy (non-hydrogen) atoms. The minimum atomic E-state index is -4.81. The van der Waals surface area contributed by atoms with Gasteiger partial charge in [-0.25, -0.2) is 0 Å². The minimum Gasteiger partial charge on any atom is -0.406 e. The highest BCUT2D eigenvalue weighted by Gasteiger charge is 2.31. The molecule has 0 bridgehead atoms. The number of carbonyl (C=O) groups is 2. The smallest absolute Gasteiger partial charge is 0.406 e. The fourth-order valence-electron chi connectivity index (χ4n) is 2.68. The van der Waals surface area contributed by atoms with E-state index in [4.69, 9.17) is 4.74 Å². The van der Waals surface area contributed by atoms with Crippen molar-refractivity contribution in [2.75, 3.05) is 18.5 Å². The van der Waals surface area contributed by atoms with Crippen LogP contribution in [0, 0.1) is 0 Å². The van der Waals surface area contributed by atoms with Crippen LogP contribution in [0.1, 0.15) is 40.3 Å². The van der Waals surface area contributed by atoms with Gasteiger partial charge in [0, 0.05) is 18.7 Å². The molecular formula is C20H21F3N4O4S. The molecule has 0 aliphatic heterocycles. The zero-order valence-electron chi connectivity index (χ0n) is 17.2. The molecule has 0 saturated carbocycles. The van der Waals surface area contributed by atoms with Gasteiger partial charge in [-0.05, 0) is 50.6 Å². The van der Waals surface area contributed by atoms with Crippen molar-refractivity contribution in [2.45, 2.75) is 32.7 Å². The lowest BCUT2D eigenvalue weighted by Gasteiger charge is -2.09. The first-order valence-electron chi connectivity index (χ1n) is 9.67. The van der Waals surface area contributed by atoms with Gasteiger partial charge in [-0.1, -0.05) is 0 Å². The van der Waals surface area contributed by atoms with Crippen LogP contribution in [0.5, 0.6) is 5.75 Å². The van der Waals surface area contributed by atoms with Crippen LogP contribution in [0.4, 0.5) is 19.0 Å². The van der Waals surface area contributed by atoms with E-state index >= 15 is 0 Å². The second-order valence-electron chi connectivity index (χ2n) is 6.98. The van der Waals surface area contributed by atoms with Crippen LogP contribution in [0.2, 0.25) is 0 Å². The average Bonchev–Trinajstić information content (AvgIpc) is 3.28. The van der Waals surface area contributed by atoms with Crippen molar-refractivity contribution in [3.05, 3.63) is 40.8 Å². The predicted octanol–water partition coefficient (Wildman–Crippen LogP) is 4.32. The van der Waals surface area contributed by atoms with Gasteiger partial charge in [0.15, 0.2) is 5.82 Å². The van der Waals surface area contributed by atoms with Crippen LogP contribution in [-0.4, -0.2) is 47.6 Å². The maximum atomic E-state index is 12.4. The van der Waals surface area contributed by atoms with Crippen molar-refractivity contribution in [1.82, 2.24) is 15.5 Å². The number of thiophene rings is 1. The Morgan fingerprint density at radius 2 is 1.91 bits per heavy atom. The summed E-state index contributed by atoms with van der Waals surface area (Å²) in [5.74, 6) is -1.03. The normalized spacial score (nSPS) is 11.7. The Bertz CT molecular complexity index is 1080. The number of H-pyrrole nitrogens is 1. The molecule has 3 aromatic rings. The third-order valence-electron chi connectivity index (χ3n) is 4.10. The SMILES string of the molecule is CC(C)OCCCNC(=O)c1cc2[nH]nc(NC(=O)c3ccc(OC(F)(F)F)cc3)c2s1. The number of anilines is 1. The first-order chi connectivity index (χ1) is 15.1. The number of hydrogen-bond acceptors (Lipinski definition) is 6. The number of rotatable bonds is 9. The molecule has 0 aliphatic rings. The largest absolute Gasteiger partial charge is 0.573 e. The second kappa shape index (κ2) is 10.0. The molecule has 2 amide bonds. The Balaban J connectivity index is 1.60. The molecule has 0 spiro atoms. The molecular weight excluding hydrogens is 449 g/mol. The zero-order chi connectivity index (χ0) is 23.3. The van der Waals surface area contributed by atoms with Crippen molar-refractivity contribution in [3.8, 4) is 5.75 Å². The van der Waals surface area contributed by atoms with E-state index in [2.05, 4.69) is 25.6 Å². The van der Waals surface area contributed by atoms with Crippen molar-refractivity contribution < 1.29 is 32.2 Å². The lowest BCUT2D eigenvalue weighted by atomic mass is 10.2. The number of aromatic nitrogens is 2. The molecule has 12 heteroatoms. The van der Waals surface area contributed by atoms with E-state index in [0.29, 0.717) is 34.7 Å². The zero-order valence-corrected chi connectivity index (χ0v) is 18.0. The van der Waals surface area contributed by atoms with Crippen molar-refractivity contribution in [2.24, 2.45) is 0 Å². The summed E-state index contributed by atoms with van der Waals surface area (Å²) in [6.45, 7) is 4.89. The molecule has 0 radical (unpaired) electrons. The van der Waals surface area contributed by atoms with E-state index < -0.39 is 18.0 Å². The summed E-state index contributed by atoms with van der Waals surface area (Å²) in [5, 5.41) is 12.2. The standard InChI is InChI=1S/C20H21F3N4O4S/c1-11(2)30-9-3-8-24-19(29)15-10-14-16(32-15)17(27-26-14)25-18(28)12-4-6-13(7-5-12)31-20(21,22)23/h4-7,10-11H,3,8-9H2,1-2H3,(H,24,29)(H2,25,26,27,28). The molecule has 2 heterocycles. The lowest BCUT2D eigenvalue weighted by Crippen LogP contribution is -2.24. The van der Waals surface area contributed by atoms with Gasteiger partial charge in [0.25, 0.3) is 11.8 Å². The van der Waals surface area contributed by atoms with Crippen LogP contribution in [0.3, 0.4) is 0 Å². The van der Waals surface area contributed by atoms with E-state index in [1.807, 2.05) is 13.8 Å². The molecule has 0 aliphatic carbocycles. The van der Waals surface area contributed by atoms with Gasteiger partial charge in [0.1, 0.15) is 5.75 Å². The molecule has 1 aromatic carbocycles. The highest BCUT2D eigenvalue weighted by Crippen LogP contribution is 2.30. The van der Waals surface area contributed by atoms with Crippen molar-refractivity contribution in [3.63, 3.8) is 0 Å². The highest BCUT2D eigenvalue weighted by molar-refractivity contribution is 7.21. The van der Waals surface area contributed by atoms with E-state index in [9.17, 15) is 22.8 Å². The summed E-state index contributed by atoms with van der Waals surface area (Å²) in [6, 6.07) is 6.13. The number of nitrogens with one attached hydrogen (secondary N) is 3. The van der Waals surface area contributed by atoms with Crippen LogP contribution >= 0.6 is 11.3 Å². The van der Waals surface area contributed by atoms with Gasteiger partial charge in [-0.15, -0.1) is 24.5 Å². The van der Waals surface area contributed by atoms with Crippen LogP contribution in [-0.2, 0) is 4.74 Å². The molecule has 0 fully saturated rings. The number of benzene rings is 1. The topological polar surface area (TPSA) is 105 Å². The fraction of sp³-hybridized carbons (Fsp3) is 0.350. The van der Waals surface area contributed by atoms with E-state index in [1.54, 1.807) is 6.07 Å². The number of alkyl halides is 3. The Morgan fingerprint density at radius 1 is 1.19 bits per heavy atom. The Hall–Kier alpha value is -3.12. The first-order valence-corrected chi connectivity index (χ1v) is 10.5. The van der Waals surface area contributed by atoms with Gasteiger partial charge in [0.2, 0.25) is 0 Å². The second-order valence-corrected chi connectivity index (χ2v) is 8.03. The Labute approximate surface area is 185 Å². The molecule has 172 valence electrons. The maximum absolute atomic E-state index is 12.4. The van der Waals surface area contributed by atoms with Gasteiger partial charge in [0.05, 0.1) is 21.2 Å². The number of aromatic amines is 1.